The van der Waals surface area contributed by atoms with Crippen molar-refractivity contribution < 1.29 is 17.9 Å². The monoisotopic (exact) mass is 375 g/mol. The molecule has 1 atom stereocenters. The lowest BCUT2D eigenvalue weighted by Crippen LogP contribution is -2.44. The van der Waals surface area contributed by atoms with Gasteiger partial charge in [-0.1, -0.05) is 22.4 Å². The Balaban J connectivity index is 1.94. The van der Waals surface area contributed by atoms with Gasteiger partial charge in [-0.25, -0.2) is 8.42 Å². The van der Waals surface area contributed by atoms with Gasteiger partial charge in [-0.05, 0) is 25.0 Å². The van der Waals surface area contributed by atoms with Gasteiger partial charge < -0.3 is 9.47 Å². The predicted octanol–water partition coefficient (Wildman–Crippen LogP) is 2.40. The van der Waals surface area contributed by atoms with E-state index in [2.05, 4.69) is 15.9 Å². The number of hydrogen-bond donors (Lipinski definition) is 0. The van der Waals surface area contributed by atoms with Crippen LogP contribution in [0.3, 0.4) is 0 Å². The first kappa shape index (κ1) is 15.1. The van der Waals surface area contributed by atoms with Gasteiger partial charge in [0.15, 0.2) is 11.5 Å². The zero-order chi connectivity index (χ0) is 14.9. The van der Waals surface area contributed by atoms with Crippen molar-refractivity contribution in [1.82, 2.24) is 4.31 Å². The second kappa shape index (κ2) is 6.14. The molecule has 1 aromatic rings. The molecule has 1 unspecified atom stereocenters. The number of benzene rings is 1. The van der Waals surface area contributed by atoms with Gasteiger partial charge in [0, 0.05) is 24.0 Å². The number of sulfonamides is 1. The average Bonchev–Trinajstić information content (AvgIpc) is 2.54. The van der Waals surface area contributed by atoms with Crippen molar-refractivity contribution in [3.8, 4) is 11.5 Å². The van der Waals surface area contributed by atoms with Crippen LogP contribution in [-0.4, -0.2) is 43.9 Å². The van der Waals surface area contributed by atoms with Crippen LogP contribution in [0, 0.1) is 0 Å². The molecule has 0 N–H and O–H groups in total. The van der Waals surface area contributed by atoms with E-state index in [-0.39, 0.29) is 10.9 Å². The third kappa shape index (κ3) is 2.91. The molecule has 116 valence electrons. The molecule has 2 aliphatic rings. The van der Waals surface area contributed by atoms with Crippen LogP contribution in [0.1, 0.15) is 19.3 Å². The van der Waals surface area contributed by atoms with Crippen LogP contribution in [0.15, 0.2) is 23.1 Å². The molecule has 0 aromatic heterocycles. The Kier molecular flexibility index (Phi) is 4.42. The Morgan fingerprint density at radius 1 is 1.19 bits per heavy atom. The fraction of sp³-hybridized carbons (Fsp3) is 0.571. The predicted molar refractivity (Wildman–Crippen MR) is 82.8 cm³/mol. The molecule has 0 saturated carbocycles. The third-order valence-electron chi connectivity index (χ3n) is 3.87. The van der Waals surface area contributed by atoms with E-state index in [4.69, 9.17) is 9.47 Å². The fourth-order valence-electron chi connectivity index (χ4n) is 2.76. The molecule has 1 fully saturated rings. The third-order valence-corrected chi connectivity index (χ3v) is 6.57. The number of ether oxygens (including phenoxy) is 2. The zero-order valence-electron chi connectivity index (χ0n) is 11.6. The Morgan fingerprint density at radius 3 is 2.71 bits per heavy atom. The molecule has 0 amide bonds. The van der Waals surface area contributed by atoms with Crippen molar-refractivity contribution in [3.63, 3.8) is 0 Å². The van der Waals surface area contributed by atoms with Gasteiger partial charge >= 0.3 is 0 Å². The first-order chi connectivity index (χ1) is 10.1. The van der Waals surface area contributed by atoms with Crippen molar-refractivity contribution in [2.24, 2.45) is 0 Å². The van der Waals surface area contributed by atoms with E-state index < -0.39 is 10.0 Å². The van der Waals surface area contributed by atoms with Gasteiger partial charge in [0.05, 0.1) is 4.90 Å². The zero-order valence-corrected chi connectivity index (χ0v) is 14.0. The summed E-state index contributed by atoms with van der Waals surface area (Å²) in [6, 6.07) is 4.87. The van der Waals surface area contributed by atoms with E-state index in [1.54, 1.807) is 22.5 Å². The molecule has 2 heterocycles. The number of halogens is 1. The molecular formula is C14H18BrNO4S. The molecule has 3 rings (SSSR count). The summed E-state index contributed by atoms with van der Waals surface area (Å²) in [5.74, 6) is 1.12. The standard InChI is InChI=1S/C14H18BrNO4S/c15-10-11-3-1-2-6-16(11)21(17,18)12-4-5-13-14(9-12)20-8-7-19-13/h4-5,9,11H,1-3,6-8,10H2. The topological polar surface area (TPSA) is 55.8 Å². The lowest BCUT2D eigenvalue weighted by Gasteiger charge is -2.33. The highest BCUT2D eigenvalue weighted by Crippen LogP contribution is 2.34. The lowest BCUT2D eigenvalue weighted by atomic mass is 10.1. The SMILES string of the molecule is O=S(=O)(c1ccc2c(c1)OCCO2)N1CCCCC1CBr. The summed E-state index contributed by atoms with van der Waals surface area (Å²) in [7, 11) is -3.49. The average molecular weight is 376 g/mol. The van der Waals surface area contributed by atoms with Crippen LogP contribution < -0.4 is 9.47 Å². The first-order valence-corrected chi connectivity index (χ1v) is 9.66. The van der Waals surface area contributed by atoms with Gasteiger partial charge in [-0.2, -0.15) is 4.31 Å². The van der Waals surface area contributed by atoms with Gasteiger partial charge in [0.25, 0.3) is 0 Å². The van der Waals surface area contributed by atoms with Crippen molar-refractivity contribution in [3.05, 3.63) is 18.2 Å². The number of rotatable bonds is 3. The van der Waals surface area contributed by atoms with Crippen LogP contribution >= 0.6 is 15.9 Å². The summed E-state index contributed by atoms with van der Waals surface area (Å²) in [5, 5.41) is 0.663. The number of fused-ring (bicyclic) bond motifs is 1. The molecule has 0 aliphatic carbocycles. The summed E-state index contributed by atoms with van der Waals surface area (Å²) in [6.07, 6.45) is 2.88. The molecule has 21 heavy (non-hydrogen) atoms. The number of piperidine rings is 1. The van der Waals surface area contributed by atoms with E-state index in [0.29, 0.717) is 36.6 Å². The molecule has 7 heteroatoms. The minimum absolute atomic E-state index is 0.0250. The Labute approximate surface area is 133 Å². The molecule has 0 bridgehead atoms. The van der Waals surface area contributed by atoms with Crippen LogP contribution in [-0.2, 0) is 10.0 Å². The first-order valence-electron chi connectivity index (χ1n) is 7.10. The molecule has 0 spiro atoms. The van der Waals surface area contributed by atoms with E-state index in [1.807, 2.05) is 0 Å². The van der Waals surface area contributed by atoms with Crippen molar-refractivity contribution in [1.29, 1.82) is 0 Å². The van der Waals surface area contributed by atoms with Crippen LogP contribution in [0.4, 0.5) is 0 Å². The van der Waals surface area contributed by atoms with Gasteiger partial charge in [0.1, 0.15) is 13.2 Å². The number of nitrogens with zero attached hydrogens (tertiary/aromatic N) is 1. The van der Waals surface area contributed by atoms with E-state index in [9.17, 15) is 8.42 Å². The van der Waals surface area contributed by atoms with Crippen LogP contribution in [0.25, 0.3) is 0 Å². The summed E-state index contributed by atoms with van der Waals surface area (Å²) in [4.78, 5) is 0.277. The normalized spacial score (nSPS) is 23.0. The molecule has 0 radical (unpaired) electrons. The number of hydrogen-bond acceptors (Lipinski definition) is 4. The highest BCUT2D eigenvalue weighted by atomic mass is 79.9. The Morgan fingerprint density at radius 2 is 1.95 bits per heavy atom. The largest absolute Gasteiger partial charge is 0.486 e. The van der Waals surface area contributed by atoms with E-state index >= 15 is 0 Å². The second-order valence-corrected chi connectivity index (χ2v) is 7.76. The summed E-state index contributed by atoms with van der Waals surface area (Å²) >= 11 is 3.43. The van der Waals surface area contributed by atoms with E-state index in [1.165, 1.54) is 0 Å². The maximum Gasteiger partial charge on any atom is 0.243 e. The molecular weight excluding hydrogens is 358 g/mol. The minimum Gasteiger partial charge on any atom is -0.486 e. The lowest BCUT2D eigenvalue weighted by molar-refractivity contribution is 0.171. The summed E-state index contributed by atoms with van der Waals surface area (Å²) in [5.41, 5.74) is 0. The highest BCUT2D eigenvalue weighted by molar-refractivity contribution is 9.09. The molecule has 1 saturated heterocycles. The fourth-order valence-corrected chi connectivity index (χ4v) is 5.34. The maximum atomic E-state index is 12.9. The van der Waals surface area contributed by atoms with Gasteiger partial charge in [0.2, 0.25) is 10.0 Å². The van der Waals surface area contributed by atoms with Gasteiger partial charge in [-0.3, -0.25) is 0 Å². The quantitative estimate of drug-likeness (QED) is 0.761. The summed E-state index contributed by atoms with van der Waals surface area (Å²) < 4.78 is 38.2. The Hall–Kier alpha value is -0.790. The molecule has 2 aliphatic heterocycles. The second-order valence-electron chi connectivity index (χ2n) is 5.23. The van der Waals surface area contributed by atoms with Crippen LogP contribution in [0.5, 0.6) is 11.5 Å². The van der Waals surface area contributed by atoms with E-state index in [0.717, 1.165) is 19.3 Å². The van der Waals surface area contributed by atoms with Crippen molar-refractivity contribution >= 4 is 26.0 Å². The smallest absolute Gasteiger partial charge is 0.243 e. The van der Waals surface area contributed by atoms with Gasteiger partial charge in [-0.15, -0.1) is 0 Å². The molecule has 5 nitrogen and oxygen atoms in total. The summed E-state index contributed by atoms with van der Waals surface area (Å²) in [6.45, 7) is 1.52. The van der Waals surface area contributed by atoms with Crippen LogP contribution in [0.2, 0.25) is 0 Å². The Bertz CT molecular complexity index is 619. The maximum absolute atomic E-state index is 12.9. The molecule has 1 aromatic carbocycles. The number of alkyl halides is 1. The van der Waals surface area contributed by atoms with Crippen molar-refractivity contribution in [2.45, 2.75) is 30.2 Å². The van der Waals surface area contributed by atoms with Crippen molar-refractivity contribution in [2.75, 3.05) is 25.1 Å². The minimum atomic E-state index is -3.49. The highest BCUT2D eigenvalue weighted by Gasteiger charge is 2.33.